The molecule has 68 valence electrons. The second-order valence-corrected chi connectivity index (χ2v) is 3.81. The molecule has 13 heavy (non-hydrogen) atoms. The summed E-state index contributed by atoms with van der Waals surface area (Å²) in [6.45, 7) is 0. The van der Waals surface area contributed by atoms with Crippen LogP contribution in [0, 0.1) is 35.0 Å². The minimum absolute atomic E-state index is 0.0900. The summed E-state index contributed by atoms with van der Waals surface area (Å²) in [6.07, 6.45) is 5.89. The van der Waals surface area contributed by atoms with Gasteiger partial charge >= 0.3 is 5.97 Å². The molecular weight excluding hydrogens is 166 g/mol. The number of nitrogens with zero attached hydrogens (tertiary/aromatic N) is 1. The zero-order chi connectivity index (χ0) is 9.42. The predicted octanol–water partition coefficient (Wildman–Crippen LogP) is 1.42. The Balaban J connectivity index is 2.32. The lowest BCUT2D eigenvalue weighted by Gasteiger charge is -2.39. The van der Waals surface area contributed by atoms with E-state index in [2.05, 4.69) is 6.07 Å². The molecule has 0 amide bonds. The molecule has 3 aliphatic carbocycles. The molecule has 0 spiro atoms. The Morgan fingerprint density at radius 2 is 2.00 bits per heavy atom. The SMILES string of the molecule is N#C[C@H]1[C@H](C(=O)O)[C@H]2C=C[C@@H]1CC2. The van der Waals surface area contributed by atoms with Crippen LogP contribution in [0.2, 0.25) is 0 Å². The van der Waals surface area contributed by atoms with Crippen LogP contribution < -0.4 is 0 Å². The van der Waals surface area contributed by atoms with E-state index >= 15 is 0 Å². The Morgan fingerprint density at radius 3 is 2.38 bits per heavy atom. The maximum Gasteiger partial charge on any atom is 0.308 e. The number of carboxylic acids is 1. The maximum atomic E-state index is 10.9. The van der Waals surface area contributed by atoms with Gasteiger partial charge in [-0.25, -0.2) is 0 Å². The minimum Gasteiger partial charge on any atom is -0.481 e. The van der Waals surface area contributed by atoms with E-state index in [-0.39, 0.29) is 17.8 Å². The third kappa shape index (κ3) is 1.14. The normalized spacial score (nSPS) is 41.5. The number of allylic oxidation sites excluding steroid dienone is 2. The first kappa shape index (κ1) is 8.31. The van der Waals surface area contributed by atoms with E-state index in [1.165, 1.54) is 0 Å². The van der Waals surface area contributed by atoms with Gasteiger partial charge in [0.2, 0.25) is 0 Å². The summed E-state index contributed by atoms with van der Waals surface area (Å²) in [5, 5.41) is 17.9. The van der Waals surface area contributed by atoms with E-state index in [0.717, 1.165) is 12.8 Å². The first-order valence-electron chi connectivity index (χ1n) is 4.55. The molecule has 0 radical (unpaired) electrons. The van der Waals surface area contributed by atoms with Crippen LogP contribution in [-0.2, 0) is 4.79 Å². The molecule has 3 aliphatic rings. The molecule has 4 atom stereocenters. The van der Waals surface area contributed by atoms with E-state index in [1.807, 2.05) is 12.2 Å². The van der Waals surface area contributed by atoms with Crippen molar-refractivity contribution in [2.24, 2.45) is 23.7 Å². The summed E-state index contributed by atoms with van der Waals surface area (Å²) in [6, 6.07) is 2.13. The maximum absolute atomic E-state index is 10.9. The van der Waals surface area contributed by atoms with Gasteiger partial charge in [-0.15, -0.1) is 0 Å². The van der Waals surface area contributed by atoms with Crippen LogP contribution in [0.1, 0.15) is 12.8 Å². The highest BCUT2D eigenvalue weighted by atomic mass is 16.4. The Hall–Kier alpha value is -1.30. The average molecular weight is 177 g/mol. The fraction of sp³-hybridized carbons (Fsp3) is 0.600. The highest BCUT2D eigenvalue weighted by molar-refractivity contribution is 5.72. The molecule has 3 nitrogen and oxygen atoms in total. The fourth-order valence-electron chi connectivity index (χ4n) is 2.51. The molecule has 0 aliphatic heterocycles. The summed E-state index contributed by atoms with van der Waals surface area (Å²) in [4.78, 5) is 10.9. The molecule has 0 aromatic rings. The van der Waals surface area contributed by atoms with Gasteiger partial charge in [-0.05, 0) is 24.7 Å². The monoisotopic (exact) mass is 177 g/mol. The number of hydrogen-bond acceptors (Lipinski definition) is 2. The Kier molecular flexibility index (Phi) is 1.84. The second kappa shape index (κ2) is 2.88. The lowest BCUT2D eigenvalue weighted by atomic mass is 9.63. The van der Waals surface area contributed by atoms with Crippen molar-refractivity contribution in [1.82, 2.24) is 0 Å². The number of carbonyl (C=O) groups is 1. The Labute approximate surface area is 76.7 Å². The van der Waals surface area contributed by atoms with Crippen molar-refractivity contribution in [2.45, 2.75) is 12.8 Å². The van der Waals surface area contributed by atoms with Crippen LogP contribution in [0.15, 0.2) is 12.2 Å². The molecule has 3 rings (SSSR count). The molecule has 0 aromatic carbocycles. The van der Waals surface area contributed by atoms with Crippen molar-refractivity contribution >= 4 is 5.97 Å². The smallest absolute Gasteiger partial charge is 0.308 e. The number of carboxylic acid groups (broad SMARTS) is 1. The zero-order valence-corrected chi connectivity index (χ0v) is 7.18. The van der Waals surface area contributed by atoms with Crippen LogP contribution in [0.25, 0.3) is 0 Å². The third-order valence-corrected chi connectivity index (χ3v) is 3.18. The van der Waals surface area contributed by atoms with Gasteiger partial charge in [-0.2, -0.15) is 5.26 Å². The van der Waals surface area contributed by atoms with Crippen molar-refractivity contribution in [3.63, 3.8) is 0 Å². The van der Waals surface area contributed by atoms with Crippen molar-refractivity contribution in [2.75, 3.05) is 0 Å². The number of aliphatic carboxylic acids is 1. The summed E-state index contributed by atoms with van der Waals surface area (Å²) in [5.41, 5.74) is 0. The van der Waals surface area contributed by atoms with Crippen LogP contribution >= 0.6 is 0 Å². The molecule has 0 unspecified atom stereocenters. The molecule has 1 saturated carbocycles. The molecule has 1 fully saturated rings. The molecule has 0 saturated heterocycles. The number of nitriles is 1. The summed E-state index contributed by atoms with van der Waals surface area (Å²) in [5.74, 6) is -1.32. The summed E-state index contributed by atoms with van der Waals surface area (Å²) in [7, 11) is 0. The largest absolute Gasteiger partial charge is 0.481 e. The first-order valence-corrected chi connectivity index (χ1v) is 4.55. The van der Waals surface area contributed by atoms with Gasteiger partial charge in [0.05, 0.1) is 17.9 Å². The highest BCUT2D eigenvalue weighted by Gasteiger charge is 2.44. The van der Waals surface area contributed by atoms with Gasteiger partial charge in [0, 0.05) is 0 Å². The number of fused-ring (bicyclic) bond motifs is 2. The summed E-state index contributed by atoms with van der Waals surface area (Å²) >= 11 is 0. The number of hydrogen-bond donors (Lipinski definition) is 1. The van der Waals surface area contributed by atoms with Gasteiger partial charge in [-0.3, -0.25) is 4.79 Å². The van der Waals surface area contributed by atoms with Gasteiger partial charge in [0.25, 0.3) is 0 Å². The van der Waals surface area contributed by atoms with E-state index in [9.17, 15) is 4.79 Å². The van der Waals surface area contributed by atoms with Crippen molar-refractivity contribution in [3.8, 4) is 6.07 Å². The minimum atomic E-state index is -0.814. The Bertz CT molecular complexity index is 303. The Morgan fingerprint density at radius 1 is 1.38 bits per heavy atom. The van der Waals surface area contributed by atoms with Gasteiger partial charge in [-0.1, -0.05) is 12.2 Å². The molecule has 2 bridgehead atoms. The van der Waals surface area contributed by atoms with Crippen LogP contribution in [0.5, 0.6) is 0 Å². The molecule has 3 heteroatoms. The third-order valence-electron chi connectivity index (χ3n) is 3.18. The average Bonchev–Trinajstić information content (AvgIpc) is 2.17. The van der Waals surface area contributed by atoms with Crippen LogP contribution in [0.4, 0.5) is 0 Å². The molecule has 0 aromatic heterocycles. The quantitative estimate of drug-likeness (QED) is 0.616. The van der Waals surface area contributed by atoms with Gasteiger partial charge in [0.15, 0.2) is 0 Å². The van der Waals surface area contributed by atoms with Crippen LogP contribution in [0.3, 0.4) is 0 Å². The first-order chi connectivity index (χ1) is 6.24. The predicted molar refractivity (Wildman–Crippen MR) is 45.6 cm³/mol. The number of rotatable bonds is 1. The van der Waals surface area contributed by atoms with E-state index < -0.39 is 11.9 Å². The van der Waals surface area contributed by atoms with Crippen molar-refractivity contribution < 1.29 is 9.90 Å². The molecule has 0 heterocycles. The second-order valence-electron chi connectivity index (χ2n) is 3.81. The topological polar surface area (TPSA) is 61.1 Å². The highest BCUT2D eigenvalue weighted by Crippen LogP contribution is 2.44. The lowest BCUT2D eigenvalue weighted by molar-refractivity contribution is -0.146. The standard InChI is InChI=1S/C10H11NO2/c11-5-8-6-1-3-7(4-2-6)9(8)10(12)13/h1,3,6-9H,2,4H2,(H,12,13)/t6-,7+,8-,9-/m1/s1. The molecule has 1 N–H and O–H groups in total. The lowest BCUT2D eigenvalue weighted by Crippen LogP contribution is -2.40. The van der Waals surface area contributed by atoms with E-state index in [0.29, 0.717) is 0 Å². The fourth-order valence-corrected chi connectivity index (χ4v) is 2.51. The van der Waals surface area contributed by atoms with E-state index in [4.69, 9.17) is 10.4 Å². The summed E-state index contributed by atoms with van der Waals surface area (Å²) < 4.78 is 0. The van der Waals surface area contributed by atoms with Crippen molar-refractivity contribution in [3.05, 3.63) is 12.2 Å². The van der Waals surface area contributed by atoms with Crippen molar-refractivity contribution in [1.29, 1.82) is 5.26 Å². The molecular formula is C10H11NO2. The van der Waals surface area contributed by atoms with E-state index in [1.54, 1.807) is 0 Å². The van der Waals surface area contributed by atoms with Gasteiger partial charge < -0.3 is 5.11 Å². The van der Waals surface area contributed by atoms with Crippen LogP contribution in [-0.4, -0.2) is 11.1 Å². The zero-order valence-electron chi connectivity index (χ0n) is 7.18. The van der Waals surface area contributed by atoms with Gasteiger partial charge in [0.1, 0.15) is 0 Å².